The maximum absolute atomic E-state index is 13.7. The monoisotopic (exact) mass is 786 g/mol. The molecule has 4 rings (SSSR count). The predicted molar refractivity (Wildman–Crippen MR) is 206 cm³/mol. The van der Waals surface area contributed by atoms with Crippen LogP contribution in [0.4, 0.5) is 9.18 Å². The fourth-order valence-corrected chi connectivity index (χ4v) is 8.55. The van der Waals surface area contributed by atoms with E-state index in [1.54, 1.807) is 39.8 Å². The third kappa shape index (κ3) is 10.7. The number of guanidine groups is 1. The van der Waals surface area contributed by atoms with Gasteiger partial charge in [0.05, 0.1) is 10.9 Å². The highest BCUT2D eigenvalue weighted by molar-refractivity contribution is 7.90. The summed E-state index contributed by atoms with van der Waals surface area (Å²) in [7, 11) is -4.13. The summed E-state index contributed by atoms with van der Waals surface area (Å²) in [5.74, 6) is -1.94. The number of alkyl carbamates (subject to hydrolysis) is 1. The Bertz CT molecular complexity index is 1890. The van der Waals surface area contributed by atoms with Gasteiger partial charge in [-0.3, -0.25) is 19.4 Å². The number of nitrogens with zero attached hydrogens (tertiary/aromatic N) is 2. The van der Waals surface area contributed by atoms with Gasteiger partial charge in [-0.1, -0.05) is 44.2 Å². The minimum atomic E-state index is -4.13. The van der Waals surface area contributed by atoms with E-state index >= 15 is 0 Å². The SMILES string of the molecule is Cc1c(C)c(S(=O)(=O)NC(N)=NCCC[C@H](NC(=O)[C@@H]2CCCN2C(=O)[C@@H](NC(=O)OCc2ccccc2)C(C)C)C(=O)CF)c(C)c2c1OC(C)(C)CC2. The molecule has 302 valence electrons. The quantitative estimate of drug-likeness (QED) is 0.117. The Balaban J connectivity index is 1.35. The molecule has 2 aromatic carbocycles. The molecule has 0 unspecified atom stereocenters. The molecular formula is C39H55FN6O8S. The number of benzene rings is 2. The number of carbonyl (C=O) groups excluding carboxylic acids is 4. The molecule has 0 saturated carbocycles. The zero-order valence-electron chi connectivity index (χ0n) is 32.8. The molecule has 0 radical (unpaired) electrons. The number of ketones is 1. The fourth-order valence-electron chi connectivity index (χ4n) is 7.03. The highest BCUT2D eigenvalue weighted by Gasteiger charge is 2.40. The van der Waals surface area contributed by atoms with Crippen LogP contribution in [0.2, 0.25) is 0 Å². The highest BCUT2D eigenvalue weighted by Crippen LogP contribution is 2.42. The topological polar surface area (TPSA) is 199 Å². The second kappa shape index (κ2) is 18.3. The Morgan fingerprint density at radius 3 is 2.42 bits per heavy atom. The average molecular weight is 787 g/mol. The molecule has 0 aliphatic carbocycles. The number of alkyl halides is 1. The van der Waals surface area contributed by atoms with E-state index in [9.17, 15) is 32.0 Å². The zero-order chi connectivity index (χ0) is 40.7. The predicted octanol–water partition coefficient (Wildman–Crippen LogP) is 4.05. The molecular weight excluding hydrogens is 732 g/mol. The van der Waals surface area contributed by atoms with Crippen molar-refractivity contribution in [2.75, 3.05) is 19.8 Å². The van der Waals surface area contributed by atoms with Gasteiger partial charge in [0.2, 0.25) is 17.8 Å². The Hall–Kier alpha value is -4.73. The second-order valence-electron chi connectivity index (χ2n) is 15.2. The molecule has 1 saturated heterocycles. The van der Waals surface area contributed by atoms with Crippen molar-refractivity contribution in [2.45, 2.75) is 122 Å². The van der Waals surface area contributed by atoms with E-state index in [2.05, 4.69) is 20.3 Å². The van der Waals surface area contributed by atoms with Crippen LogP contribution in [0.15, 0.2) is 40.2 Å². The van der Waals surface area contributed by atoms with Crippen LogP contribution in [0.3, 0.4) is 0 Å². The number of halogens is 1. The Kier molecular flexibility index (Phi) is 14.3. The van der Waals surface area contributed by atoms with Gasteiger partial charge in [-0.25, -0.2) is 22.3 Å². The third-order valence-corrected chi connectivity index (χ3v) is 11.8. The first-order valence-corrected chi connectivity index (χ1v) is 20.2. The number of aliphatic imine (C=N–C) groups is 1. The highest BCUT2D eigenvalue weighted by atomic mass is 32.2. The van der Waals surface area contributed by atoms with Crippen molar-refractivity contribution >= 4 is 39.7 Å². The Morgan fingerprint density at radius 1 is 1.07 bits per heavy atom. The number of ether oxygens (including phenoxy) is 2. The molecule has 2 heterocycles. The van der Waals surface area contributed by atoms with Gasteiger partial charge in [-0.2, -0.15) is 0 Å². The van der Waals surface area contributed by atoms with E-state index in [1.165, 1.54) is 4.90 Å². The number of rotatable bonds is 15. The molecule has 0 spiro atoms. The summed E-state index contributed by atoms with van der Waals surface area (Å²) < 4.78 is 54.6. The molecule has 0 aromatic heterocycles. The number of carbonyl (C=O) groups is 4. The van der Waals surface area contributed by atoms with Gasteiger partial charge in [0, 0.05) is 13.1 Å². The summed E-state index contributed by atoms with van der Waals surface area (Å²) in [4.78, 5) is 57.9. The number of sulfonamides is 1. The molecule has 3 amide bonds. The summed E-state index contributed by atoms with van der Waals surface area (Å²) in [6.07, 6.45) is 1.57. The lowest BCUT2D eigenvalue weighted by Gasteiger charge is -2.35. The lowest BCUT2D eigenvalue weighted by Crippen LogP contribution is -2.56. The average Bonchev–Trinajstić information content (AvgIpc) is 3.63. The molecule has 16 heteroatoms. The minimum absolute atomic E-state index is 0.0132. The lowest BCUT2D eigenvalue weighted by molar-refractivity contribution is -0.141. The standard InChI is InChI=1S/C39H55FN6O8S/c1-23(2)32(44-38(50)53-22-27-13-9-8-10-14-27)36(49)46-20-12-16-30(46)35(48)43-29(31(47)21-40)15-11-19-42-37(41)45-55(51,52)34-25(4)24(3)33-28(26(34)5)17-18-39(6,7)54-33/h8-10,13-14,23,29-30,32H,11-12,15-22H2,1-7H3,(H,43,48)(H,44,50)(H3,41,42,45)/t29-,30-,32-/m0/s1. The normalized spacial score (nSPS) is 17.8. The maximum atomic E-state index is 13.7. The zero-order valence-corrected chi connectivity index (χ0v) is 33.6. The molecule has 2 aliphatic heterocycles. The van der Waals surface area contributed by atoms with Crippen LogP contribution in [-0.2, 0) is 42.2 Å². The summed E-state index contributed by atoms with van der Waals surface area (Å²) in [6, 6.07) is 5.94. The Morgan fingerprint density at radius 2 is 1.76 bits per heavy atom. The van der Waals surface area contributed by atoms with Crippen molar-refractivity contribution in [3.8, 4) is 5.75 Å². The fraction of sp³-hybridized carbons (Fsp3) is 0.564. The van der Waals surface area contributed by atoms with Crippen LogP contribution < -0.4 is 25.8 Å². The first-order valence-electron chi connectivity index (χ1n) is 18.7. The number of fused-ring (bicyclic) bond motifs is 1. The number of nitrogens with one attached hydrogen (secondary N) is 3. The lowest BCUT2D eigenvalue weighted by atomic mass is 9.88. The second-order valence-corrected chi connectivity index (χ2v) is 16.8. The molecule has 14 nitrogen and oxygen atoms in total. The van der Waals surface area contributed by atoms with E-state index in [-0.39, 0.29) is 54.9 Å². The smallest absolute Gasteiger partial charge is 0.408 e. The van der Waals surface area contributed by atoms with Crippen LogP contribution >= 0.6 is 0 Å². The van der Waals surface area contributed by atoms with Crippen LogP contribution in [0, 0.1) is 26.7 Å². The van der Waals surface area contributed by atoms with Crippen molar-refractivity contribution in [2.24, 2.45) is 16.6 Å². The number of likely N-dealkylation sites (tertiary alicyclic amines) is 1. The van der Waals surface area contributed by atoms with E-state index < -0.39 is 58.5 Å². The molecule has 2 aromatic rings. The molecule has 5 N–H and O–H groups in total. The van der Waals surface area contributed by atoms with E-state index in [1.807, 2.05) is 39.0 Å². The largest absolute Gasteiger partial charge is 0.487 e. The van der Waals surface area contributed by atoms with Crippen molar-refractivity contribution in [3.05, 3.63) is 58.1 Å². The van der Waals surface area contributed by atoms with Crippen LogP contribution in [0.25, 0.3) is 0 Å². The van der Waals surface area contributed by atoms with Crippen LogP contribution in [0.1, 0.15) is 87.6 Å². The molecule has 2 aliphatic rings. The molecule has 3 atom stereocenters. The van der Waals surface area contributed by atoms with Gasteiger partial charge < -0.3 is 30.7 Å². The summed E-state index contributed by atoms with van der Waals surface area (Å²) in [5.41, 5.74) is 9.11. The first-order chi connectivity index (χ1) is 25.9. The number of nitrogens with two attached hydrogens (primary N) is 1. The number of hydrogen-bond acceptors (Lipinski definition) is 9. The van der Waals surface area contributed by atoms with E-state index in [4.69, 9.17) is 15.2 Å². The van der Waals surface area contributed by atoms with Gasteiger partial charge in [0.25, 0.3) is 10.0 Å². The maximum Gasteiger partial charge on any atom is 0.408 e. The van der Waals surface area contributed by atoms with Gasteiger partial charge in [0.15, 0.2) is 5.78 Å². The number of amides is 3. The van der Waals surface area contributed by atoms with Crippen LogP contribution in [-0.4, -0.2) is 86.5 Å². The van der Waals surface area contributed by atoms with Crippen molar-refractivity contribution in [1.29, 1.82) is 0 Å². The van der Waals surface area contributed by atoms with Gasteiger partial charge in [-0.15, -0.1) is 0 Å². The van der Waals surface area contributed by atoms with E-state index in [0.29, 0.717) is 36.1 Å². The van der Waals surface area contributed by atoms with Gasteiger partial charge >= 0.3 is 6.09 Å². The molecule has 55 heavy (non-hydrogen) atoms. The molecule has 0 bridgehead atoms. The van der Waals surface area contributed by atoms with Crippen LogP contribution in [0.5, 0.6) is 5.75 Å². The summed E-state index contributed by atoms with van der Waals surface area (Å²) in [6.45, 7) is 11.7. The van der Waals surface area contributed by atoms with Gasteiger partial charge in [0.1, 0.15) is 36.7 Å². The Labute approximate surface area is 323 Å². The molecule has 1 fully saturated rings. The summed E-state index contributed by atoms with van der Waals surface area (Å²) in [5, 5.41) is 5.22. The van der Waals surface area contributed by atoms with Crippen molar-refractivity contribution in [1.82, 2.24) is 20.3 Å². The summed E-state index contributed by atoms with van der Waals surface area (Å²) >= 11 is 0. The number of hydrogen-bond donors (Lipinski definition) is 4. The first kappa shape index (κ1) is 43.0. The van der Waals surface area contributed by atoms with Crippen molar-refractivity contribution < 1.29 is 41.5 Å². The van der Waals surface area contributed by atoms with Gasteiger partial charge in [-0.05, 0) is 107 Å². The van der Waals surface area contributed by atoms with Crippen molar-refractivity contribution in [3.63, 3.8) is 0 Å². The number of Topliss-reactive ketones (excluding diaryl/α,β-unsaturated/α-hetero) is 1. The third-order valence-electron chi connectivity index (χ3n) is 10.2. The minimum Gasteiger partial charge on any atom is -0.487 e. The van der Waals surface area contributed by atoms with E-state index in [0.717, 1.165) is 23.1 Å².